The van der Waals surface area contributed by atoms with Gasteiger partial charge in [0.2, 0.25) is 0 Å². The van der Waals surface area contributed by atoms with E-state index in [4.69, 9.17) is 25.9 Å². The minimum Gasteiger partial charge on any atom is -0.456 e. The van der Waals surface area contributed by atoms with Crippen LogP contribution >= 0.6 is 0 Å². The van der Waals surface area contributed by atoms with Gasteiger partial charge in [0.25, 0.3) is 0 Å². The normalized spacial score (nSPS) is 11.3. The van der Waals surface area contributed by atoms with E-state index < -0.39 is 0 Å². The Kier molecular flexibility index (Phi) is 7.79. The highest BCUT2D eigenvalue weighted by molar-refractivity contribution is 6.13. The Hall–Kier alpha value is -7.68. The van der Waals surface area contributed by atoms with Crippen LogP contribution in [0, 0.1) is 6.57 Å². The topological polar surface area (TPSA) is 56.2 Å². The molecule has 0 unspecified atom stereocenters. The zero-order valence-electron chi connectivity index (χ0n) is 29.5. The largest absolute Gasteiger partial charge is 0.456 e. The van der Waals surface area contributed by atoms with Gasteiger partial charge < -0.3 is 4.42 Å². The Morgan fingerprint density at radius 1 is 0.382 bits per heavy atom. The number of furan rings is 1. The minimum atomic E-state index is 0.540. The molecule has 0 saturated carbocycles. The fourth-order valence-electron chi connectivity index (χ4n) is 7.44. The molecule has 0 fully saturated rings. The fourth-order valence-corrected chi connectivity index (χ4v) is 7.44. The molecular weight excluding hydrogens is 673 g/mol. The molecule has 0 atom stereocenters. The van der Waals surface area contributed by atoms with Crippen molar-refractivity contribution in [3.05, 3.63) is 193 Å². The predicted molar refractivity (Wildman–Crippen MR) is 223 cm³/mol. The number of para-hydroxylation sites is 1. The molecule has 0 aliphatic rings. The van der Waals surface area contributed by atoms with Crippen molar-refractivity contribution in [1.82, 2.24) is 15.0 Å². The summed E-state index contributed by atoms with van der Waals surface area (Å²) < 4.78 is 6.56. The smallest absolute Gasteiger partial charge is 0.194 e. The molecule has 0 radical (unpaired) electrons. The van der Waals surface area contributed by atoms with Crippen molar-refractivity contribution < 1.29 is 4.42 Å². The molecule has 0 bridgehead atoms. The number of hydrogen-bond acceptors (Lipinski definition) is 4. The molecule has 0 saturated heterocycles. The van der Waals surface area contributed by atoms with Crippen molar-refractivity contribution in [2.24, 2.45) is 0 Å². The molecule has 8 aromatic carbocycles. The summed E-state index contributed by atoms with van der Waals surface area (Å²) in [6, 6.07) is 61.8. The van der Waals surface area contributed by atoms with Gasteiger partial charge in [0.15, 0.2) is 23.2 Å². The van der Waals surface area contributed by atoms with Crippen LogP contribution in [0.4, 0.5) is 5.69 Å². The maximum absolute atomic E-state index is 7.73. The summed E-state index contributed by atoms with van der Waals surface area (Å²) in [6.07, 6.45) is 0. The lowest BCUT2D eigenvalue weighted by Crippen LogP contribution is -2.00. The molecule has 256 valence electrons. The molecule has 0 amide bonds. The number of aromatic nitrogens is 3. The SMILES string of the molecule is [C-]#[N+]c1ccccc1-c1cccc(-c2nc(-c3ccc4ccccc4c3)nc(-c3ccc4c(c3)oc3cccc(-c5cccc(-c6ccccc6)c5)c34)n2)c1. The average Bonchev–Trinajstić information content (AvgIpc) is 3.65. The van der Waals surface area contributed by atoms with Crippen LogP contribution in [0.1, 0.15) is 0 Å². The molecule has 5 heteroatoms. The number of benzene rings is 8. The van der Waals surface area contributed by atoms with Crippen molar-refractivity contribution in [1.29, 1.82) is 0 Å². The van der Waals surface area contributed by atoms with E-state index in [1.165, 1.54) is 11.1 Å². The lowest BCUT2D eigenvalue weighted by atomic mass is 9.96. The van der Waals surface area contributed by atoms with Gasteiger partial charge in [0.1, 0.15) is 11.2 Å². The molecule has 0 aliphatic carbocycles. The predicted octanol–water partition coefficient (Wildman–Crippen LogP) is 13.5. The molecule has 0 aliphatic heterocycles. The third-order valence-corrected chi connectivity index (χ3v) is 10.1. The van der Waals surface area contributed by atoms with Crippen LogP contribution in [0.15, 0.2) is 186 Å². The molecule has 5 nitrogen and oxygen atoms in total. The van der Waals surface area contributed by atoms with E-state index in [-0.39, 0.29) is 0 Å². The number of rotatable bonds is 6. The average molecular weight is 703 g/mol. The van der Waals surface area contributed by atoms with Crippen LogP contribution in [0.3, 0.4) is 0 Å². The Labute approximate surface area is 317 Å². The van der Waals surface area contributed by atoms with Crippen molar-refractivity contribution in [3.63, 3.8) is 0 Å². The van der Waals surface area contributed by atoms with Crippen molar-refractivity contribution in [2.45, 2.75) is 0 Å². The lowest BCUT2D eigenvalue weighted by molar-refractivity contribution is 0.669. The van der Waals surface area contributed by atoms with Gasteiger partial charge in [-0.25, -0.2) is 19.8 Å². The summed E-state index contributed by atoms with van der Waals surface area (Å²) in [5.74, 6) is 1.65. The van der Waals surface area contributed by atoms with Gasteiger partial charge in [0.05, 0.1) is 6.57 Å². The van der Waals surface area contributed by atoms with E-state index in [1.807, 2.05) is 78.9 Å². The maximum Gasteiger partial charge on any atom is 0.194 e. The summed E-state index contributed by atoms with van der Waals surface area (Å²) in [4.78, 5) is 19.0. The summed E-state index contributed by atoms with van der Waals surface area (Å²) in [7, 11) is 0. The fraction of sp³-hybridized carbons (Fsp3) is 0. The highest BCUT2D eigenvalue weighted by Crippen LogP contribution is 2.40. The van der Waals surface area contributed by atoms with Crippen molar-refractivity contribution in [2.75, 3.05) is 0 Å². The van der Waals surface area contributed by atoms with Crippen LogP contribution in [0.2, 0.25) is 0 Å². The van der Waals surface area contributed by atoms with E-state index >= 15 is 0 Å². The van der Waals surface area contributed by atoms with Gasteiger partial charge in [0, 0.05) is 27.5 Å². The van der Waals surface area contributed by atoms with Crippen LogP contribution < -0.4 is 0 Å². The van der Waals surface area contributed by atoms with Gasteiger partial charge in [-0.2, -0.15) is 0 Å². The Balaban J connectivity index is 1.12. The second kappa shape index (κ2) is 13.4. The first-order valence-corrected chi connectivity index (χ1v) is 18.1. The summed E-state index contributed by atoms with van der Waals surface area (Å²) in [5, 5.41) is 4.34. The van der Waals surface area contributed by atoms with Gasteiger partial charge >= 0.3 is 0 Å². The zero-order valence-corrected chi connectivity index (χ0v) is 29.5. The first kappa shape index (κ1) is 32.0. The second-order valence-electron chi connectivity index (χ2n) is 13.5. The van der Waals surface area contributed by atoms with Crippen LogP contribution in [0.25, 0.3) is 105 Å². The van der Waals surface area contributed by atoms with Crippen LogP contribution in [-0.2, 0) is 0 Å². The summed E-state index contributed by atoms with van der Waals surface area (Å²) >= 11 is 0. The van der Waals surface area contributed by atoms with Gasteiger partial charge in [-0.15, -0.1) is 0 Å². The molecule has 10 rings (SSSR count). The first-order chi connectivity index (χ1) is 27.2. The quantitative estimate of drug-likeness (QED) is 0.162. The number of fused-ring (bicyclic) bond motifs is 4. The highest BCUT2D eigenvalue weighted by atomic mass is 16.3. The Morgan fingerprint density at radius 3 is 1.75 bits per heavy atom. The highest BCUT2D eigenvalue weighted by Gasteiger charge is 2.18. The molecule has 55 heavy (non-hydrogen) atoms. The minimum absolute atomic E-state index is 0.540. The molecular formula is C50H30N4O. The molecule has 0 N–H and O–H groups in total. The number of nitrogens with zero attached hydrogens (tertiary/aromatic N) is 4. The Bertz CT molecular complexity index is 3120. The summed E-state index contributed by atoms with van der Waals surface area (Å²) in [6.45, 7) is 7.73. The molecule has 2 heterocycles. The lowest BCUT2D eigenvalue weighted by Gasteiger charge is -2.11. The monoisotopic (exact) mass is 702 g/mol. The standard InChI is InChI=1S/C50H30N4O/c1-51-44-22-8-7-20-41(44)36-17-10-19-38(30-36)48-52-49(39-25-24-33-14-5-6-15-34(33)29-39)54-50(53-48)40-26-27-43-46(31-40)55-45-23-11-21-42(47(43)45)37-18-9-16-35(28-37)32-12-3-2-4-13-32/h2-31H. The molecule has 2 aromatic heterocycles. The number of hydrogen-bond donors (Lipinski definition) is 0. The van der Waals surface area contributed by atoms with Crippen LogP contribution in [0.5, 0.6) is 0 Å². The second-order valence-corrected chi connectivity index (χ2v) is 13.5. The third kappa shape index (κ3) is 5.89. The van der Waals surface area contributed by atoms with Gasteiger partial charge in [-0.05, 0) is 80.6 Å². The van der Waals surface area contributed by atoms with E-state index in [0.29, 0.717) is 23.2 Å². The van der Waals surface area contributed by atoms with E-state index in [0.717, 1.165) is 71.7 Å². The zero-order chi connectivity index (χ0) is 36.7. The summed E-state index contributed by atoms with van der Waals surface area (Å²) in [5.41, 5.74) is 11.1. The van der Waals surface area contributed by atoms with E-state index in [1.54, 1.807) is 0 Å². The maximum atomic E-state index is 7.73. The van der Waals surface area contributed by atoms with Crippen LogP contribution in [-0.4, -0.2) is 15.0 Å². The molecule has 10 aromatic rings. The first-order valence-electron chi connectivity index (χ1n) is 18.1. The van der Waals surface area contributed by atoms with Gasteiger partial charge in [-0.3, -0.25) is 0 Å². The molecule has 0 spiro atoms. The third-order valence-electron chi connectivity index (χ3n) is 10.1. The van der Waals surface area contributed by atoms with E-state index in [2.05, 4.69) is 108 Å². The van der Waals surface area contributed by atoms with Gasteiger partial charge in [-0.1, -0.05) is 146 Å². The Morgan fingerprint density at radius 2 is 0.945 bits per heavy atom. The van der Waals surface area contributed by atoms with E-state index in [9.17, 15) is 0 Å². The van der Waals surface area contributed by atoms with Crippen molar-refractivity contribution in [3.8, 4) is 67.5 Å². The van der Waals surface area contributed by atoms with Crippen molar-refractivity contribution >= 4 is 38.4 Å².